The minimum absolute atomic E-state index is 0.0756. The summed E-state index contributed by atoms with van der Waals surface area (Å²) in [5, 5.41) is 20.8. The maximum Gasteiger partial charge on any atom is 0.154 e. The van der Waals surface area contributed by atoms with Crippen molar-refractivity contribution in [1.29, 1.82) is 0 Å². The van der Waals surface area contributed by atoms with Crippen LogP contribution < -0.4 is 10.5 Å². The topological polar surface area (TPSA) is 92.8 Å². The zero-order valence-corrected chi connectivity index (χ0v) is 16.2. The molecular formula is C21H31NO4. The average Bonchev–Trinajstić information content (AvgIpc) is 2.62. The molecule has 1 fully saturated rings. The third kappa shape index (κ3) is 3.94. The second-order valence-electron chi connectivity index (χ2n) is 7.47. The number of benzene rings is 1. The Morgan fingerprint density at radius 1 is 1.42 bits per heavy atom. The van der Waals surface area contributed by atoms with Crippen molar-refractivity contribution < 1.29 is 19.7 Å². The molecular weight excluding hydrogens is 330 g/mol. The van der Waals surface area contributed by atoms with Crippen molar-refractivity contribution in [3.8, 4) is 5.75 Å². The Labute approximate surface area is 155 Å². The molecule has 4 N–H and O–H groups in total. The molecule has 0 aliphatic heterocycles. The lowest BCUT2D eigenvalue weighted by Gasteiger charge is -2.38. The molecule has 0 aromatic heterocycles. The first-order valence-electron chi connectivity index (χ1n) is 9.31. The molecule has 2 rings (SSSR count). The number of hydrogen-bond acceptors (Lipinski definition) is 5. The van der Waals surface area contributed by atoms with E-state index in [1.807, 2.05) is 26.0 Å². The molecule has 144 valence electrons. The van der Waals surface area contributed by atoms with E-state index in [2.05, 4.69) is 0 Å². The monoisotopic (exact) mass is 361 g/mol. The maximum atomic E-state index is 12.0. The number of carbonyl (C=O) groups excluding carboxylic acids is 1. The lowest BCUT2D eigenvalue weighted by atomic mass is 9.73. The Kier molecular flexibility index (Phi) is 6.48. The highest BCUT2D eigenvalue weighted by Crippen LogP contribution is 2.40. The molecule has 0 heterocycles. The fourth-order valence-electron chi connectivity index (χ4n) is 3.95. The summed E-state index contributed by atoms with van der Waals surface area (Å²) in [7, 11) is 1.56. The van der Waals surface area contributed by atoms with Crippen LogP contribution in [0, 0.1) is 12.8 Å². The summed E-state index contributed by atoms with van der Waals surface area (Å²) in [6.07, 6.45) is 3.49. The zero-order chi connectivity index (χ0) is 19.5. The average molecular weight is 361 g/mol. The standard InChI is InChI=1S/C21H31NO4/c1-5-15-10-13(2)11-18(26-4)19(15)17(12-23)20(25)21(22)8-6-16(7-9-21)14(3)24/h10-12,14,16,24-25H,5-9,22H2,1-4H3/b20-17-. The van der Waals surface area contributed by atoms with Gasteiger partial charge in [-0.25, -0.2) is 0 Å². The van der Waals surface area contributed by atoms with Crippen LogP contribution in [0.2, 0.25) is 0 Å². The van der Waals surface area contributed by atoms with E-state index in [1.54, 1.807) is 14.0 Å². The highest BCUT2D eigenvalue weighted by molar-refractivity contribution is 6.10. The van der Waals surface area contributed by atoms with Crippen molar-refractivity contribution in [3.05, 3.63) is 34.6 Å². The normalized spacial score (nSPS) is 25.4. The van der Waals surface area contributed by atoms with Crippen LogP contribution in [-0.4, -0.2) is 35.3 Å². The van der Waals surface area contributed by atoms with Gasteiger partial charge in [0, 0.05) is 5.56 Å². The summed E-state index contributed by atoms with van der Waals surface area (Å²) < 4.78 is 5.49. The van der Waals surface area contributed by atoms with E-state index >= 15 is 0 Å². The molecule has 0 saturated heterocycles. The fourth-order valence-corrected chi connectivity index (χ4v) is 3.95. The van der Waals surface area contributed by atoms with Crippen LogP contribution in [-0.2, 0) is 11.2 Å². The van der Waals surface area contributed by atoms with E-state index in [1.165, 1.54) is 0 Å². The van der Waals surface area contributed by atoms with Gasteiger partial charge in [0.25, 0.3) is 0 Å². The molecule has 0 spiro atoms. The van der Waals surface area contributed by atoms with E-state index in [-0.39, 0.29) is 23.4 Å². The molecule has 1 aliphatic carbocycles. The van der Waals surface area contributed by atoms with Crippen molar-refractivity contribution in [2.45, 2.75) is 64.5 Å². The molecule has 1 atom stereocenters. The van der Waals surface area contributed by atoms with Crippen molar-refractivity contribution in [2.75, 3.05) is 7.11 Å². The van der Waals surface area contributed by atoms with Crippen LogP contribution in [0.3, 0.4) is 0 Å². The number of rotatable bonds is 6. The predicted octanol–water partition coefficient (Wildman–Crippen LogP) is 3.30. The van der Waals surface area contributed by atoms with Gasteiger partial charge in [-0.1, -0.05) is 13.0 Å². The number of aliphatic hydroxyl groups is 2. The molecule has 5 heteroatoms. The van der Waals surface area contributed by atoms with Gasteiger partial charge in [-0.15, -0.1) is 0 Å². The summed E-state index contributed by atoms with van der Waals surface area (Å²) in [6, 6.07) is 3.86. The van der Waals surface area contributed by atoms with Crippen molar-refractivity contribution in [3.63, 3.8) is 0 Å². The van der Waals surface area contributed by atoms with Gasteiger partial charge in [-0.3, -0.25) is 4.79 Å². The van der Waals surface area contributed by atoms with Gasteiger partial charge < -0.3 is 20.7 Å². The summed E-state index contributed by atoms with van der Waals surface area (Å²) in [5.41, 5.74) is 8.35. The molecule has 1 unspecified atom stereocenters. The van der Waals surface area contributed by atoms with E-state index in [0.29, 0.717) is 36.9 Å². The molecule has 0 bridgehead atoms. The molecule has 1 aliphatic rings. The highest BCUT2D eigenvalue weighted by Gasteiger charge is 2.38. The third-order valence-electron chi connectivity index (χ3n) is 5.65. The van der Waals surface area contributed by atoms with E-state index in [9.17, 15) is 15.0 Å². The largest absolute Gasteiger partial charge is 0.510 e. The van der Waals surface area contributed by atoms with E-state index in [4.69, 9.17) is 10.5 Å². The lowest BCUT2D eigenvalue weighted by molar-refractivity contribution is -0.103. The quantitative estimate of drug-likeness (QED) is 0.411. The summed E-state index contributed by atoms with van der Waals surface area (Å²) in [4.78, 5) is 12.0. The summed E-state index contributed by atoms with van der Waals surface area (Å²) in [6.45, 7) is 5.76. The molecule has 1 aromatic rings. The second kappa shape index (κ2) is 8.23. The number of aryl methyl sites for hydroxylation is 2. The van der Waals surface area contributed by atoms with Gasteiger partial charge in [0.1, 0.15) is 11.5 Å². The van der Waals surface area contributed by atoms with Gasteiger partial charge in [-0.05, 0) is 69.1 Å². The summed E-state index contributed by atoms with van der Waals surface area (Å²) in [5.74, 6) is 0.671. The number of methoxy groups -OCH3 is 1. The van der Waals surface area contributed by atoms with Crippen LogP contribution in [0.5, 0.6) is 5.75 Å². The third-order valence-corrected chi connectivity index (χ3v) is 5.65. The number of aldehydes is 1. The molecule has 1 saturated carbocycles. The SMILES string of the molecule is CCc1cc(C)cc(OC)c1/C(C=O)=C(\O)C1(N)CCC(C(C)O)CC1. The molecule has 0 amide bonds. The van der Waals surface area contributed by atoms with E-state index in [0.717, 1.165) is 24.0 Å². The maximum absolute atomic E-state index is 12.0. The van der Waals surface area contributed by atoms with Crippen molar-refractivity contribution >= 4 is 11.9 Å². The Morgan fingerprint density at radius 2 is 2.04 bits per heavy atom. The number of nitrogens with two attached hydrogens (primary N) is 1. The molecule has 5 nitrogen and oxygen atoms in total. The van der Waals surface area contributed by atoms with Gasteiger partial charge >= 0.3 is 0 Å². The number of carbonyl (C=O) groups is 1. The van der Waals surface area contributed by atoms with Gasteiger partial charge in [0.05, 0.1) is 24.3 Å². The fraction of sp³-hybridized carbons (Fsp3) is 0.571. The van der Waals surface area contributed by atoms with Crippen molar-refractivity contribution in [1.82, 2.24) is 0 Å². The first kappa shape index (κ1) is 20.5. The van der Waals surface area contributed by atoms with Gasteiger partial charge in [0.2, 0.25) is 0 Å². The lowest BCUT2D eigenvalue weighted by Crippen LogP contribution is -2.46. The van der Waals surface area contributed by atoms with Crippen LogP contribution in [0.1, 0.15) is 56.2 Å². The Hall–Kier alpha value is -1.85. The number of aliphatic hydroxyl groups excluding tert-OH is 2. The molecule has 26 heavy (non-hydrogen) atoms. The zero-order valence-electron chi connectivity index (χ0n) is 16.2. The second-order valence-corrected chi connectivity index (χ2v) is 7.47. The minimum Gasteiger partial charge on any atom is -0.510 e. The highest BCUT2D eigenvalue weighted by atomic mass is 16.5. The number of allylic oxidation sites excluding steroid dienone is 1. The molecule has 0 radical (unpaired) electrons. The van der Waals surface area contributed by atoms with Crippen LogP contribution in [0.25, 0.3) is 5.57 Å². The predicted molar refractivity (Wildman–Crippen MR) is 103 cm³/mol. The van der Waals surface area contributed by atoms with Gasteiger partial charge in [0.15, 0.2) is 6.29 Å². The summed E-state index contributed by atoms with van der Waals surface area (Å²) >= 11 is 0. The van der Waals surface area contributed by atoms with Gasteiger partial charge in [-0.2, -0.15) is 0 Å². The van der Waals surface area contributed by atoms with E-state index < -0.39 is 5.54 Å². The molecule has 1 aromatic carbocycles. The Balaban J connectivity index is 2.52. The first-order chi connectivity index (χ1) is 12.3. The Morgan fingerprint density at radius 3 is 2.50 bits per heavy atom. The minimum atomic E-state index is -0.956. The Bertz CT molecular complexity index is 660. The number of hydrogen-bond donors (Lipinski definition) is 3. The number of ether oxygens (including phenoxy) is 1. The van der Waals surface area contributed by atoms with Crippen molar-refractivity contribution in [2.24, 2.45) is 11.7 Å². The van der Waals surface area contributed by atoms with Crippen LogP contribution in [0.15, 0.2) is 17.9 Å². The van der Waals surface area contributed by atoms with Crippen LogP contribution >= 0.6 is 0 Å². The van der Waals surface area contributed by atoms with Crippen LogP contribution in [0.4, 0.5) is 0 Å². The smallest absolute Gasteiger partial charge is 0.154 e. The first-order valence-corrected chi connectivity index (χ1v) is 9.31.